The zero-order chi connectivity index (χ0) is 12.9. The van der Waals surface area contributed by atoms with Gasteiger partial charge in [-0.25, -0.2) is 0 Å². The van der Waals surface area contributed by atoms with Gasteiger partial charge in [0.05, 0.1) is 12.9 Å². The van der Waals surface area contributed by atoms with E-state index in [9.17, 15) is 8.42 Å². The molecule has 0 saturated carbocycles. The first-order chi connectivity index (χ1) is 7.96. The molecule has 1 N–H and O–H groups in total. The van der Waals surface area contributed by atoms with Crippen molar-refractivity contribution in [1.82, 2.24) is 0 Å². The smallest absolute Gasteiger partial charge is 0.325 e. The number of oxime groups is 1. The van der Waals surface area contributed by atoms with E-state index in [2.05, 4.69) is 9.44 Å². The van der Waals surface area contributed by atoms with Crippen molar-refractivity contribution in [3.63, 3.8) is 0 Å². The molecule has 0 unspecified atom stereocenters. The zero-order valence-corrected chi connectivity index (χ0v) is 9.81. The first-order valence-electron chi connectivity index (χ1n) is 4.53. The second kappa shape index (κ2) is 5.43. The first kappa shape index (κ1) is 13.2. The summed E-state index contributed by atoms with van der Waals surface area (Å²) >= 11 is 0. The highest BCUT2D eigenvalue weighted by Gasteiger charge is 2.06. The van der Waals surface area contributed by atoms with Crippen LogP contribution in [0, 0.1) is 11.3 Å². The molecule has 1 aromatic carbocycles. The van der Waals surface area contributed by atoms with Gasteiger partial charge in [0.15, 0.2) is 5.71 Å². The van der Waals surface area contributed by atoms with Crippen molar-refractivity contribution in [3.05, 3.63) is 35.4 Å². The molecule has 0 aliphatic rings. The number of rotatable bonds is 4. The lowest BCUT2D eigenvalue weighted by molar-refractivity contribution is 0.282. The standard InChI is InChI=1S/C10H10N2O4S/c1-17(14,15)16-12-10(6-11)9-4-2-8(7-13)3-5-9/h2-5,13H,7H2,1H3. The topological polar surface area (TPSA) is 99.8 Å². The summed E-state index contributed by atoms with van der Waals surface area (Å²) in [6.07, 6.45) is 0.834. The molecule has 0 aromatic heterocycles. The lowest BCUT2D eigenvalue weighted by Crippen LogP contribution is -2.03. The normalized spacial score (nSPS) is 11.9. The fourth-order valence-electron chi connectivity index (χ4n) is 1.01. The molecule has 0 atom stereocenters. The summed E-state index contributed by atoms with van der Waals surface area (Å²) in [7, 11) is -3.73. The van der Waals surface area contributed by atoms with Gasteiger partial charge in [0.2, 0.25) is 0 Å². The molecule has 0 heterocycles. The molecule has 0 radical (unpaired) electrons. The maximum absolute atomic E-state index is 10.7. The Balaban J connectivity index is 2.98. The van der Waals surface area contributed by atoms with Crippen LogP contribution in [-0.4, -0.2) is 25.5 Å². The summed E-state index contributed by atoms with van der Waals surface area (Å²) < 4.78 is 25.6. The van der Waals surface area contributed by atoms with Crippen LogP contribution in [0.1, 0.15) is 11.1 Å². The molecule has 1 aromatic rings. The minimum Gasteiger partial charge on any atom is -0.392 e. The van der Waals surface area contributed by atoms with Crippen molar-refractivity contribution >= 4 is 15.8 Å². The summed E-state index contributed by atoms with van der Waals surface area (Å²) in [5.41, 5.74) is 0.934. The fourth-order valence-corrected chi connectivity index (χ4v) is 1.22. The molecule has 0 bridgehead atoms. The lowest BCUT2D eigenvalue weighted by atomic mass is 10.1. The predicted octanol–water partition coefficient (Wildman–Crippen LogP) is 0.383. The van der Waals surface area contributed by atoms with Crippen molar-refractivity contribution in [2.45, 2.75) is 6.61 Å². The van der Waals surface area contributed by atoms with Crippen LogP contribution >= 0.6 is 0 Å². The van der Waals surface area contributed by atoms with Gasteiger partial charge < -0.3 is 5.11 Å². The SMILES string of the molecule is CS(=O)(=O)ON=C(C#N)c1ccc(CO)cc1. The largest absolute Gasteiger partial charge is 0.392 e. The van der Waals surface area contributed by atoms with E-state index < -0.39 is 10.1 Å². The van der Waals surface area contributed by atoms with Gasteiger partial charge in [0.1, 0.15) is 6.07 Å². The van der Waals surface area contributed by atoms with Crippen molar-refractivity contribution in [2.75, 3.05) is 6.26 Å². The Morgan fingerprint density at radius 2 is 2.06 bits per heavy atom. The monoisotopic (exact) mass is 254 g/mol. The van der Waals surface area contributed by atoms with Crippen LogP contribution < -0.4 is 0 Å². The molecule has 0 aliphatic heterocycles. The molecule has 0 spiro atoms. The molecule has 0 amide bonds. The third kappa shape index (κ3) is 4.22. The Morgan fingerprint density at radius 3 is 2.47 bits per heavy atom. The average molecular weight is 254 g/mol. The quantitative estimate of drug-likeness (QED) is 0.618. The van der Waals surface area contributed by atoms with Gasteiger partial charge in [-0.3, -0.25) is 4.28 Å². The van der Waals surface area contributed by atoms with Crippen LogP contribution in [0.3, 0.4) is 0 Å². The molecule has 7 heteroatoms. The Morgan fingerprint density at radius 1 is 1.47 bits per heavy atom. The van der Waals surface area contributed by atoms with Crippen LogP contribution in [0.4, 0.5) is 0 Å². The van der Waals surface area contributed by atoms with E-state index in [1.54, 1.807) is 30.3 Å². The van der Waals surface area contributed by atoms with Crippen LogP contribution in [0.5, 0.6) is 0 Å². The predicted molar refractivity (Wildman–Crippen MR) is 60.4 cm³/mol. The summed E-state index contributed by atoms with van der Waals surface area (Å²) in [5.74, 6) is 0. The molecule has 0 fully saturated rings. The minimum atomic E-state index is -3.73. The van der Waals surface area contributed by atoms with Crippen LogP contribution in [-0.2, 0) is 21.0 Å². The van der Waals surface area contributed by atoms with E-state index in [-0.39, 0.29) is 12.3 Å². The highest BCUT2D eigenvalue weighted by Crippen LogP contribution is 2.06. The van der Waals surface area contributed by atoms with E-state index in [0.29, 0.717) is 11.1 Å². The second-order valence-electron chi connectivity index (χ2n) is 3.19. The van der Waals surface area contributed by atoms with Gasteiger partial charge >= 0.3 is 10.1 Å². The minimum absolute atomic E-state index is 0.112. The van der Waals surface area contributed by atoms with E-state index in [4.69, 9.17) is 10.4 Å². The third-order valence-electron chi connectivity index (χ3n) is 1.78. The molecular weight excluding hydrogens is 244 g/mol. The highest BCUT2D eigenvalue weighted by molar-refractivity contribution is 7.85. The van der Waals surface area contributed by atoms with Crippen LogP contribution in [0.2, 0.25) is 0 Å². The Hall–Kier alpha value is -1.91. The second-order valence-corrected chi connectivity index (χ2v) is 4.74. The van der Waals surface area contributed by atoms with Crippen molar-refractivity contribution in [3.8, 4) is 6.07 Å². The Bertz CT molecular complexity index is 555. The average Bonchev–Trinajstić information content (AvgIpc) is 2.29. The highest BCUT2D eigenvalue weighted by atomic mass is 32.2. The maximum atomic E-state index is 10.7. The number of benzene rings is 1. The van der Waals surface area contributed by atoms with E-state index in [1.165, 1.54) is 0 Å². The summed E-state index contributed by atoms with van der Waals surface area (Å²) in [4.78, 5) is 0. The summed E-state index contributed by atoms with van der Waals surface area (Å²) in [6.45, 7) is -0.112. The molecular formula is C10H10N2O4S. The maximum Gasteiger partial charge on any atom is 0.325 e. The number of aliphatic hydroxyl groups excluding tert-OH is 1. The van der Waals surface area contributed by atoms with Gasteiger partial charge in [0.25, 0.3) is 0 Å². The zero-order valence-electron chi connectivity index (χ0n) is 8.99. The number of aliphatic hydroxyl groups is 1. The number of nitriles is 1. The number of hydrogen-bond donors (Lipinski definition) is 1. The molecule has 0 aliphatic carbocycles. The van der Waals surface area contributed by atoms with Gasteiger partial charge in [-0.1, -0.05) is 29.4 Å². The first-order valence-corrected chi connectivity index (χ1v) is 6.35. The van der Waals surface area contributed by atoms with Crippen molar-refractivity contribution < 1.29 is 17.8 Å². The fraction of sp³-hybridized carbons (Fsp3) is 0.200. The van der Waals surface area contributed by atoms with Crippen LogP contribution in [0.15, 0.2) is 29.4 Å². The van der Waals surface area contributed by atoms with E-state index in [0.717, 1.165) is 6.26 Å². The van der Waals surface area contributed by atoms with Gasteiger partial charge in [-0.2, -0.15) is 13.7 Å². The molecule has 0 saturated heterocycles. The summed E-state index contributed by atoms with van der Waals surface area (Å²) in [6, 6.07) is 8.01. The lowest BCUT2D eigenvalue weighted by Gasteiger charge is -2.00. The summed E-state index contributed by atoms with van der Waals surface area (Å²) in [5, 5.41) is 20.9. The number of hydrogen-bond acceptors (Lipinski definition) is 6. The van der Waals surface area contributed by atoms with Crippen LogP contribution in [0.25, 0.3) is 0 Å². The number of nitrogens with zero attached hydrogens (tertiary/aromatic N) is 2. The van der Waals surface area contributed by atoms with Crippen molar-refractivity contribution in [1.29, 1.82) is 5.26 Å². The molecule has 6 nitrogen and oxygen atoms in total. The van der Waals surface area contributed by atoms with E-state index in [1.807, 2.05) is 0 Å². The van der Waals surface area contributed by atoms with Gasteiger partial charge in [0, 0.05) is 5.56 Å². The van der Waals surface area contributed by atoms with Gasteiger partial charge in [-0.15, -0.1) is 0 Å². The molecule has 1 rings (SSSR count). The van der Waals surface area contributed by atoms with Crippen molar-refractivity contribution in [2.24, 2.45) is 5.16 Å². The Labute approximate surface area is 98.9 Å². The Kier molecular flexibility index (Phi) is 4.20. The van der Waals surface area contributed by atoms with E-state index >= 15 is 0 Å². The third-order valence-corrected chi connectivity index (χ3v) is 2.13. The molecule has 17 heavy (non-hydrogen) atoms. The molecule has 90 valence electrons. The van der Waals surface area contributed by atoms with Gasteiger partial charge in [-0.05, 0) is 5.56 Å².